The number of hydrogen-bond donors (Lipinski definition) is 1. The maximum Gasteiger partial charge on any atom is 0.335 e. The highest BCUT2D eigenvalue weighted by molar-refractivity contribution is 9.09. The zero-order chi connectivity index (χ0) is 23.6. The Morgan fingerprint density at radius 2 is 2.16 bits per heavy atom. The Hall–Kier alpha value is -1.20. The Kier molecular flexibility index (Phi) is 7.92. The minimum absolute atomic E-state index is 0.0206. The van der Waals surface area contributed by atoms with Crippen LogP contribution in [-0.4, -0.2) is 49.6 Å². The van der Waals surface area contributed by atoms with Crippen molar-refractivity contribution in [3.8, 4) is 0 Å². The van der Waals surface area contributed by atoms with Gasteiger partial charge in [0, 0.05) is 11.8 Å². The van der Waals surface area contributed by atoms with Crippen molar-refractivity contribution in [1.82, 2.24) is 0 Å². The third-order valence-corrected chi connectivity index (χ3v) is 8.16. The van der Waals surface area contributed by atoms with Crippen molar-refractivity contribution in [1.29, 1.82) is 0 Å². The van der Waals surface area contributed by atoms with E-state index < -0.39 is 38.4 Å². The summed E-state index contributed by atoms with van der Waals surface area (Å²) in [7, 11) is -4.12. The second-order valence-electron chi connectivity index (χ2n) is 7.80. The number of esters is 1. The van der Waals surface area contributed by atoms with E-state index in [1.807, 2.05) is 6.92 Å². The van der Waals surface area contributed by atoms with Crippen LogP contribution in [-0.2, 0) is 29.0 Å². The van der Waals surface area contributed by atoms with Crippen LogP contribution in [0.4, 0.5) is 10.1 Å². The highest BCUT2D eigenvalue weighted by atomic mass is 79.9. The molecule has 3 rings (SSSR count). The molecule has 3 atom stereocenters. The number of benzene rings is 1. The van der Waals surface area contributed by atoms with Gasteiger partial charge in [-0.15, -0.1) is 0 Å². The Morgan fingerprint density at radius 3 is 2.78 bits per heavy atom. The summed E-state index contributed by atoms with van der Waals surface area (Å²) in [6.07, 6.45) is 3.15. The topological polar surface area (TPSA) is 90.9 Å². The molecule has 1 spiro atoms. The summed E-state index contributed by atoms with van der Waals surface area (Å²) in [6.45, 7) is 4.05. The summed E-state index contributed by atoms with van der Waals surface area (Å²) in [5.41, 5.74) is -0.562. The lowest BCUT2D eigenvalue weighted by Crippen LogP contribution is -2.43. The van der Waals surface area contributed by atoms with Gasteiger partial charge in [-0.1, -0.05) is 34.5 Å². The summed E-state index contributed by atoms with van der Waals surface area (Å²) >= 11 is 9.42. The van der Waals surface area contributed by atoms with Crippen LogP contribution in [0.15, 0.2) is 29.8 Å². The van der Waals surface area contributed by atoms with E-state index in [9.17, 15) is 17.6 Å². The van der Waals surface area contributed by atoms with E-state index in [1.54, 1.807) is 6.92 Å². The molecule has 1 aliphatic carbocycles. The molecule has 0 amide bonds. The molecule has 1 N–H and O–H groups in total. The van der Waals surface area contributed by atoms with Crippen LogP contribution >= 0.6 is 27.5 Å². The minimum Gasteiger partial charge on any atom is -0.463 e. The van der Waals surface area contributed by atoms with E-state index in [4.69, 9.17) is 25.8 Å². The predicted molar refractivity (Wildman–Crippen MR) is 123 cm³/mol. The zero-order valence-electron chi connectivity index (χ0n) is 17.8. The first kappa shape index (κ1) is 25.4. The average molecular weight is 555 g/mol. The third-order valence-electron chi connectivity index (χ3n) is 5.71. The maximum absolute atomic E-state index is 13.3. The fourth-order valence-electron chi connectivity index (χ4n) is 3.93. The number of carbonyl (C=O) groups is 1. The molecule has 2 aliphatic rings. The van der Waals surface area contributed by atoms with Crippen molar-refractivity contribution in [2.75, 3.05) is 23.3 Å². The Morgan fingerprint density at radius 1 is 1.41 bits per heavy atom. The van der Waals surface area contributed by atoms with Gasteiger partial charge in [0.2, 0.25) is 10.0 Å². The SMILES string of the molecule is CCOC(=O)C1=CC2(CCC1S(=O)(=O)Nc1ccc(F)cc1Cl)OCC(CC)(CCBr)O2. The number of anilines is 1. The van der Waals surface area contributed by atoms with E-state index in [0.29, 0.717) is 24.8 Å². The fraction of sp³-hybridized carbons (Fsp3) is 0.571. The van der Waals surface area contributed by atoms with Gasteiger partial charge in [0.15, 0.2) is 5.79 Å². The molecule has 1 heterocycles. The summed E-state index contributed by atoms with van der Waals surface area (Å²) in [4.78, 5) is 12.7. The van der Waals surface area contributed by atoms with Gasteiger partial charge in [-0.05, 0) is 50.5 Å². The van der Waals surface area contributed by atoms with E-state index in [-0.39, 0.29) is 35.7 Å². The molecule has 0 radical (unpaired) electrons. The van der Waals surface area contributed by atoms with Crippen LogP contribution in [0.25, 0.3) is 0 Å². The van der Waals surface area contributed by atoms with Gasteiger partial charge >= 0.3 is 5.97 Å². The molecule has 7 nitrogen and oxygen atoms in total. The van der Waals surface area contributed by atoms with Crippen molar-refractivity contribution < 1.29 is 31.8 Å². The van der Waals surface area contributed by atoms with E-state index in [1.165, 1.54) is 12.1 Å². The Balaban J connectivity index is 1.94. The van der Waals surface area contributed by atoms with Crippen molar-refractivity contribution in [2.24, 2.45) is 0 Å². The molecule has 11 heteroatoms. The molecular formula is C21H26BrClFNO6S. The monoisotopic (exact) mass is 553 g/mol. The van der Waals surface area contributed by atoms with Gasteiger partial charge in [-0.2, -0.15) is 0 Å². The van der Waals surface area contributed by atoms with Gasteiger partial charge < -0.3 is 14.2 Å². The molecule has 0 aromatic heterocycles. The molecule has 3 unspecified atom stereocenters. The quantitative estimate of drug-likeness (QED) is 0.375. The highest BCUT2D eigenvalue weighted by Gasteiger charge is 2.52. The molecule has 1 aromatic rings. The number of sulfonamides is 1. The number of alkyl halides is 1. The zero-order valence-corrected chi connectivity index (χ0v) is 21.0. The smallest absolute Gasteiger partial charge is 0.335 e. The molecule has 32 heavy (non-hydrogen) atoms. The molecular weight excluding hydrogens is 529 g/mol. The van der Waals surface area contributed by atoms with Crippen LogP contribution in [0.1, 0.15) is 39.5 Å². The summed E-state index contributed by atoms with van der Waals surface area (Å²) in [5, 5.41) is -0.588. The molecule has 178 valence electrons. The first-order valence-electron chi connectivity index (χ1n) is 10.4. The third kappa shape index (κ3) is 5.30. The van der Waals surface area contributed by atoms with E-state index in [0.717, 1.165) is 12.1 Å². The van der Waals surface area contributed by atoms with E-state index >= 15 is 0 Å². The normalized spacial score (nSPS) is 27.9. The number of ether oxygens (including phenoxy) is 3. The first-order chi connectivity index (χ1) is 15.1. The van der Waals surface area contributed by atoms with Crippen LogP contribution < -0.4 is 4.72 Å². The molecule has 1 saturated heterocycles. The van der Waals surface area contributed by atoms with Crippen molar-refractivity contribution in [2.45, 2.75) is 56.2 Å². The van der Waals surface area contributed by atoms with Gasteiger partial charge in [0.25, 0.3) is 0 Å². The number of nitrogens with one attached hydrogen (secondary N) is 1. The molecule has 1 aliphatic heterocycles. The van der Waals surface area contributed by atoms with Crippen LogP contribution in [0.2, 0.25) is 5.02 Å². The minimum atomic E-state index is -4.12. The number of hydrogen-bond acceptors (Lipinski definition) is 6. The van der Waals surface area contributed by atoms with Gasteiger partial charge in [0.05, 0.1) is 35.1 Å². The lowest BCUT2D eigenvalue weighted by atomic mass is 9.93. The second-order valence-corrected chi connectivity index (χ2v) is 10.9. The van der Waals surface area contributed by atoms with Crippen LogP contribution in [0.3, 0.4) is 0 Å². The lowest BCUT2D eigenvalue weighted by molar-refractivity contribution is -0.163. The lowest BCUT2D eigenvalue weighted by Gasteiger charge is -2.35. The number of rotatable bonds is 8. The summed E-state index contributed by atoms with van der Waals surface area (Å²) in [5.74, 6) is -2.54. The Bertz CT molecular complexity index is 1010. The molecule has 0 saturated carbocycles. The van der Waals surface area contributed by atoms with Crippen molar-refractivity contribution >= 4 is 49.2 Å². The summed E-state index contributed by atoms with van der Waals surface area (Å²) in [6, 6.07) is 3.33. The molecule has 0 bridgehead atoms. The number of halogens is 3. The highest BCUT2D eigenvalue weighted by Crippen LogP contribution is 2.45. The summed E-state index contributed by atoms with van der Waals surface area (Å²) < 4.78 is 59.6. The maximum atomic E-state index is 13.3. The fourth-order valence-corrected chi connectivity index (χ4v) is 6.48. The standard InChI is InChI=1S/C21H26BrClFNO6S/c1-3-20(9-10-22)13-30-21(31-20)8-7-18(15(12-21)19(26)29-4-2)32(27,28)25-17-6-5-14(24)11-16(17)23/h5-6,11-12,18,25H,3-4,7-10,13H2,1-2H3. The van der Waals surface area contributed by atoms with Gasteiger partial charge in [-0.25, -0.2) is 17.6 Å². The van der Waals surface area contributed by atoms with Crippen LogP contribution in [0, 0.1) is 5.82 Å². The largest absolute Gasteiger partial charge is 0.463 e. The average Bonchev–Trinajstić information content (AvgIpc) is 3.08. The molecule has 1 aromatic carbocycles. The molecule has 1 fully saturated rings. The van der Waals surface area contributed by atoms with E-state index in [2.05, 4.69) is 20.7 Å². The van der Waals surface area contributed by atoms with Crippen LogP contribution in [0.5, 0.6) is 0 Å². The Labute approximate surface area is 200 Å². The second kappa shape index (κ2) is 9.97. The van der Waals surface area contributed by atoms with Gasteiger partial charge in [0.1, 0.15) is 11.1 Å². The first-order valence-corrected chi connectivity index (χ1v) is 13.4. The number of carbonyl (C=O) groups excluding carboxylic acids is 1. The van der Waals surface area contributed by atoms with Crippen molar-refractivity contribution in [3.63, 3.8) is 0 Å². The van der Waals surface area contributed by atoms with Gasteiger partial charge in [-0.3, -0.25) is 4.72 Å². The van der Waals surface area contributed by atoms with Crippen molar-refractivity contribution in [3.05, 3.63) is 40.7 Å². The predicted octanol–water partition coefficient (Wildman–Crippen LogP) is 4.55.